The Morgan fingerprint density at radius 1 is 1.09 bits per heavy atom. The molecule has 3 rings (SSSR count). The molecule has 1 aliphatic heterocycles. The van der Waals surface area contributed by atoms with Gasteiger partial charge in [-0.1, -0.05) is 34.8 Å². The summed E-state index contributed by atoms with van der Waals surface area (Å²) in [4.78, 5) is 13.6. The highest BCUT2D eigenvalue weighted by molar-refractivity contribution is 7.99. The van der Waals surface area contributed by atoms with Gasteiger partial charge in [0.05, 0.1) is 16.6 Å². The van der Waals surface area contributed by atoms with Gasteiger partial charge in [-0.3, -0.25) is 4.79 Å². The van der Waals surface area contributed by atoms with Crippen molar-refractivity contribution < 1.29 is 4.79 Å². The Labute approximate surface area is 148 Å². The normalized spacial score (nSPS) is 17.0. The number of thioether (sulfide) groups is 1. The molecular weight excluding hydrogens is 361 g/mol. The van der Waals surface area contributed by atoms with Gasteiger partial charge in [-0.2, -0.15) is 0 Å². The van der Waals surface area contributed by atoms with E-state index < -0.39 is 0 Å². The van der Waals surface area contributed by atoms with Crippen molar-refractivity contribution in [3.8, 4) is 0 Å². The highest BCUT2D eigenvalue weighted by Gasteiger charge is 2.24. The van der Waals surface area contributed by atoms with E-state index in [1.165, 1.54) is 0 Å². The Kier molecular flexibility index (Phi) is 4.88. The first kappa shape index (κ1) is 16.0. The molecule has 0 spiro atoms. The van der Waals surface area contributed by atoms with Gasteiger partial charge in [-0.25, -0.2) is 0 Å². The number of hydrogen-bond acceptors (Lipinski definition) is 2. The van der Waals surface area contributed by atoms with Crippen LogP contribution in [-0.2, 0) is 0 Å². The number of benzene rings is 2. The van der Waals surface area contributed by atoms with E-state index in [4.69, 9.17) is 34.8 Å². The quantitative estimate of drug-likeness (QED) is 0.742. The summed E-state index contributed by atoms with van der Waals surface area (Å²) in [6, 6.07) is 10.6. The SMILES string of the molecule is O=C(NC1CCSc2ccc(Cl)cc21)c1cc(Cl)ccc1Cl. The Morgan fingerprint density at radius 2 is 1.82 bits per heavy atom. The molecule has 2 aromatic rings. The van der Waals surface area contributed by atoms with E-state index in [2.05, 4.69) is 5.32 Å². The summed E-state index contributed by atoms with van der Waals surface area (Å²) in [7, 11) is 0. The maximum atomic E-state index is 12.5. The molecule has 0 bridgehead atoms. The van der Waals surface area contributed by atoms with Crippen molar-refractivity contribution in [1.82, 2.24) is 5.32 Å². The summed E-state index contributed by atoms with van der Waals surface area (Å²) in [6.45, 7) is 0. The van der Waals surface area contributed by atoms with Crippen LogP contribution < -0.4 is 5.32 Å². The number of nitrogens with one attached hydrogen (secondary N) is 1. The first-order valence-electron chi connectivity index (χ1n) is 6.73. The van der Waals surface area contributed by atoms with Crippen molar-refractivity contribution in [1.29, 1.82) is 0 Å². The fraction of sp³-hybridized carbons (Fsp3) is 0.188. The number of carbonyl (C=O) groups is 1. The second-order valence-corrected chi connectivity index (χ2v) is 7.39. The molecule has 0 saturated heterocycles. The van der Waals surface area contributed by atoms with Gasteiger partial charge in [0, 0.05) is 20.7 Å². The standard InChI is InChI=1S/C16H12Cl3NOS/c17-9-1-3-13(19)11(7-9)16(21)20-14-5-6-22-15-4-2-10(18)8-12(14)15/h1-4,7-8,14H,5-6H2,(H,20,21). The molecule has 6 heteroatoms. The summed E-state index contributed by atoms with van der Waals surface area (Å²) in [5, 5.41) is 4.57. The molecule has 2 nitrogen and oxygen atoms in total. The lowest BCUT2D eigenvalue weighted by Crippen LogP contribution is -2.30. The molecule has 0 fully saturated rings. The van der Waals surface area contributed by atoms with Crippen LogP contribution in [0.5, 0.6) is 0 Å². The van der Waals surface area contributed by atoms with E-state index >= 15 is 0 Å². The lowest BCUT2D eigenvalue weighted by atomic mass is 10.0. The van der Waals surface area contributed by atoms with Crippen LogP contribution in [0.1, 0.15) is 28.4 Å². The van der Waals surface area contributed by atoms with Crippen LogP contribution >= 0.6 is 46.6 Å². The third-order valence-corrected chi connectivity index (χ3v) is 5.41. The minimum Gasteiger partial charge on any atom is -0.345 e. The molecule has 1 aliphatic rings. The molecule has 0 radical (unpaired) electrons. The second kappa shape index (κ2) is 6.71. The Hall–Kier alpha value is -0.870. The van der Waals surface area contributed by atoms with Gasteiger partial charge >= 0.3 is 0 Å². The molecule has 22 heavy (non-hydrogen) atoms. The number of fused-ring (bicyclic) bond motifs is 1. The minimum absolute atomic E-state index is 0.0718. The van der Waals surface area contributed by atoms with Crippen molar-refractivity contribution in [3.63, 3.8) is 0 Å². The second-order valence-electron chi connectivity index (χ2n) is 4.97. The fourth-order valence-electron chi connectivity index (χ4n) is 2.42. The fourth-order valence-corrected chi connectivity index (χ4v) is 4.08. The highest BCUT2D eigenvalue weighted by Crippen LogP contribution is 2.37. The first-order chi connectivity index (χ1) is 10.5. The van der Waals surface area contributed by atoms with Crippen LogP contribution in [0.2, 0.25) is 15.1 Å². The van der Waals surface area contributed by atoms with Gasteiger partial charge in [0.15, 0.2) is 0 Å². The third kappa shape index (κ3) is 3.38. The van der Waals surface area contributed by atoms with Gasteiger partial charge in [0.2, 0.25) is 0 Å². The number of halogens is 3. The molecule has 1 N–H and O–H groups in total. The van der Waals surface area contributed by atoms with Crippen molar-refractivity contribution in [2.75, 3.05) is 5.75 Å². The van der Waals surface area contributed by atoms with E-state index in [-0.39, 0.29) is 11.9 Å². The topological polar surface area (TPSA) is 29.1 Å². The van der Waals surface area contributed by atoms with Gasteiger partial charge in [-0.05, 0) is 48.4 Å². The lowest BCUT2D eigenvalue weighted by molar-refractivity contribution is 0.0935. The first-order valence-corrected chi connectivity index (χ1v) is 8.85. The van der Waals surface area contributed by atoms with E-state index in [0.717, 1.165) is 22.6 Å². The molecule has 0 saturated carbocycles. The maximum Gasteiger partial charge on any atom is 0.253 e. The number of amides is 1. The largest absolute Gasteiger partial charge is 0.345 e. The average molecular weight is 373 g/mol. The smallest absolute Gasteiger partial charge is 0.253 e. The van der Waals surface area contributed by atoms with Gasteiger partial charge < -0.3 is 5.32 Å². The monoisotopic (exact) mass is 371 g/mol. The van der Waals surface area contributed by atoms with Crippen LogP contribution in [0.4, 0.5) is 0 Å². The minimum atomic E-state index is -0.227. The molecule has 2 aromatic carbocycles. The Morgan fingerprint density at radius 3 is 2.64 bits per heavy atom. The van der Waals surface area contributed by atoms with Crippen LogP contribution in [0.15, 0.2) is 41.3 Å². The maximum absolute atomic E-state index is 12.5. The van der Waals surface area contributed by atoms with Crippen LogP contribution in [0, 0.1) is 0 Å². The molecule has 1 atom stereocenters. The zero-order chi connectivity index (χ0) is 15.7. The molecule has 1 amide bonds. The lowest BCUT2D eigenvalue weighted by Gasteiger charge is -2.26. The van der Waals surface area contributed by atoms with Crippen molar-refractivity contribution in [3.05, 3.63) is 62.6 Å². The summed E-state index contributed by atoms with van der Waals surface area (Å²) in [5.41, 5.74) is 1.44. The van der Waals surface area contributed by atoms with E-state index in [1.54, 1.807) is 30.0 Å². The summed E-state index contributed by atoms with van der Waals surface area (Å²) in [5.74, 6) is 0.721. The predicted octanol–water partition coefficient (Wildman–Crippen LogP) is 5.61. The van der Waals surface area contributed by atoms with Crippen molar-refractivity contribution in [2.24, 2.45) is 0 Å². The van der Waals surface area contributed by atoms with E-state index in [0.29, 0.717) is 20.6 Å². The zero-order valence-corrected chi connectivity index (χ0v) is 14.5. The number of hydrogen-bond donors (Lipinski definition) is 1. The predicted molar refractivity (Wildman–Crippen MR) is 93.5 cm³/mol. The molecule has 114 valence electrons. The van der Waals surface area contributed by atoms with Crippen LogP contribution in [0.3, 0.4) is 0 Å². The molecule has 1 heterocycles. The highest BCUT2D eigenvalue weighted by atomic mass is 35.5. The third-order valence-electron chi connectivity index (χ3n) is 3.49. The summed E-state index contributed by atoms with van der Waals surface area (Å²) in [6.07, 6.45) is 0.849. The molecule has 0 aromatic heterocycles. The number of rotatable bonds is 2. The van der Waals surface area contributed by atoms with Crippen LogP contribution in [0.25, 0.3) is 0 Å². The number of carbonyl (C=O) groups excluding carboxylic acids is 1. The average Bonchev–Trinajstić information content (AvgIpc) is 2.50. The van der Waals surface area contributed by atoms with Crippen molar-refractivity contribution >= 4 is 52.5 Å². The van der Waals surface area contributed by atoms with Gasteiger partial charge in [-0.15, -0.1) is 11.8 Å². The van der Waals surface area contributed by atoms with E-state index in [1.807, 2.05) is 18.2 Å². The summed E-state index contributed by atoms with van der Waals surface area (Å²) < 4.78 is 0. The molecule has 0 aliphatic carbocycles. The Balaban J connectivity index is 1.87. The summed E-state index contributed by atoms with van der Waals surface area (Å²) >= 11 is 19.9. The Bertz CT molecular complexity index is 735. The van der Waals surface area contributed by atoms with Gasteiger partial charge in [0.25, 0.3) is 5.91 Å². The van der Waals surface area contributed by atoms with Crippen molar-refractivity contribution in [2.45, 2.75) is 17.4 Å². The van der Waals surface area contributed by atoms with Crippen LogP contribution in [-0.4, -0.2) is 11.7 Å². The molecular formula is C16H12Cl3NOS. The van der Waals surface area contributed by atoms with Gasteiger partial charge in [0.1, 0.15) is 0 Å². The molecule has 1 unspecified atom stereocenters. The zero-order valence-electron chi connectivity index (χ0n) is 11.4. The van der Waals surface area contributed by atoms with E-state index in [9.17, 15) is 4.79 Å².